The van der Waals surface area contributed by atoms with Gasteiger partial charge in [0.1, 0.15) is 4.83 Å². The van der Waals surface area contributed by atoms with Gasteiger partial charge in [0.2, 0.25) is 0 Å². The van der Waals surface area contributed by atoms with Crippen LogP contribution in [0.3, 0.4) is 0 Å². The van der Waals surface area contributed by atoms with Crippen LogP contribution in [-0.4, -0.2) is 20.9 Å². The van der Waals surface area contributed by atoms with Crippen molar-refractivity contribution in [2.45, 2.75) is 40.7 Å². The van der Waals surface area contributed by atoms with E-state index in [1.54, 1.807) is 13.8 Å². The number of hydrogen-bond acceptors (Lipinski definition) is 6. The number of aromatic amines is 1. The molecule has 0 fully saturated rings. The summed E-state index contributed by atoms with van der Waals surface area (Å²) in [6, 6.07) is 7.69. The molecule has 6 nitrogen and oxygen atoms in total. The first-order valence-corrected chi connectivity index (χ1v) is 10.2. The van der Waals surface area contributed by atoms with Crippen molar-refractivity contribution < 1.29 is 9.53 Å². The lowest BCUT2D eigenvalue weighted by atomic mass is 10.0. The lowest BCUT2D eigenvalue weighted by molar-refractivity contribution is 0.0318. The SMILES string of the molecule is Cc1nc2ccccc2c(C)c1C(=O)O[C@H](C)c1nc2sc(C)c(C)c2c(=O)[nH]1. The third-order valence-electron chi connectivity index (χ3n) is 5.26. The quantitative estimate of drug-likeness (QED) is 0.498. The van der Waals surface area contributed by atoms with Gasteiger partial charge in [-0.1, -0.05) is 18.2 Å². The predicted octanol–water partition coefficient (Wildman–Crippen LogP) is 4.68. The van der Waals surface area contributed by atoms with Gasteiger partial charge in [0.15, 0.2) is 11.9 Å². The summed E-state index contributed by atoms with van der Waals surface area (Å²) in [6.07, 6.45) is -0.701. The number of benzene rings is 1. The second-order valence-electron chi connectivity index (χ2n) is 7.18. The zero-order valence-electron chi connectivity index (χ0n) is 16.9. The van der Waals surface area contributed by atoms with E-state index in [-0.39, 0.29) is 5.56 Å². The Morgan fingerprint density at radius 1 is 1.10 bits per heavy atom. The molecule has 0 aliphatic carbocycles. The van der Waals surface area contributed by atoms with Gasteiger partial charge in [0.25, 0.3) is 5.56 Å². The summed E-state index contributed by atoms with van der Waals surface area (Å²) < 4.78 is 5.67. The zero-order valence-corrected chi connectivity index (χ0v) is 17.7. The maximum Gasteiger partial charge on any atom is 0.340 e. The summed E-state index contributed by atoms with van der Waals surface area (Å²) in [5.41, 5.74) is 3.44. The molecule has 0 saturated heterocycles. The first-order valence-electron chi connectivity index (χ1n) is 9.34. The van der Waals surface area contributed by atoms with Crippen LogP contribution in [0.5, 0.6) is 0 Å². The van der Waals surface area contributed by atoms with Gasteiger partial charge in [-0.25, -0.2) is 9.78 Å². The van der Waals surface area contributed by atoms with Crippen molar-refractivity contribution in [1.82, 2.24) is 15.0 Å². The van der Waals surface area contributed by atoms with Gasteiger partial charge in [0, 0.05) is 10.3 Å². The highest BCUT2D eigenvalue weighted by Gasteiger charge is 2.22. The molecule has 0 radical (unpaired) electrons. The Bertz CT molecular complexity index is 1340. The molecule has 7 heteroatoms. The van der Waals surface area contributed by atoms with Crippen LogP contribution < -0.4 is 5.56 Å². The van der Waals surface area contributed by atoms with Crippen LogP contribution in [0.4, 0.5) is 0 Å². The predicted molar refractivity (Wildman–Crippen MR) is 115 cm³/mol. The number of nitrogens with zero attached hydrogens (tertiary/aromatic N) is 2. The minimum atomic E-state index is -0.701. The molecule has 4 aromatic rings. The molecule has 0 aliphatic heterocycles. The number of nitrogens with one attached hydrogen (secondary N) is 1. The fraction of sp³-hybridized carbons (Fsp3) is 0.273. The molecule has 1 N–H and O–H groups in total. The Balaban J connectivity index is 1.70. The summed E-state index contributed by atoms with van der Waals surface area (Å²) >= 11 is 1.46. The van der Waals surface area contributed by atoms with Gasteiger partial charge in [0.05, 0.1) is 22.2 Å². The van der Waals surface area contributed by atoms with Crippen LogP contribution in [0.15, 0.2) is 29.1 Å². The number of aromatic nitrogens is 3. The number of para-hydroxylation sites is 1. The smallest absolute Gasteiger partial charge is 0.340 e. The Kier molecular flexibility index (Phi) is 4.70. The number of carbonyl (C=O) groups is 1. The van der Waals surface area contributed by atoms with E-state index in [9.17, 15) is 9.59 Å². The fourth-order valence-corrected chi connectivity index (χ4v) is 4.61. The molecular weight excluding hydrogens is 386 g/mol. The Morgan fingerprint density at radius 3 is 2.59 bits per heavy atom. The number of rotatable bonds is 3. The van der Waals surface area contributed by atoms with Crippen molar-refractivity contribution in [2.75, 3.05) is 0 Å². The molecule has 3 heterocycles. The number of pyridine rings is 1. The number of ether oxygens (including phenoxy) is 1. The van der Waals surface area contributed by atoms with E-state index in [1.807, 2.05) is 45.0 Å². The number of carbonyl (C=O) groups excluding carboxylic acids is 1. The standard InChI is InChI=1S/C22H21N3O3S/c1-10-14(5)29-21-18(10)20(26)24-19(25-21)13(4)28-22(27)17-11(2)15-8-6-7-9-16(15)23-12(17)3/h6-9,13H,1-5H3,(H,24,25,26)/t13-/m1/s1. The number of H-pyrrole nitrogens is 1. The van der Waals surface area contributed by atoms with Crippen LogP contribution in [0.2, 0.25) is 0 Å². The van der Waals surface area contributed by atoms with Crippen molar-refractivity contribution in [1.29, 1.82) is 0 Å². The molecule has 0 spiro atoms. The average molecular weight is 407 g/mol. The first-order chi connectivity index (χ1) is 13.8. The van der Waals surface area contributed by atoms with Crippen molar-refractivity contribution in [3.63, 3.8) is 0 Å². The summed E-state index contributed by atoms with van der Waals surface area (Å²) in [7, 11) is 0. The maximum absolute atomic E-state index is 12.9. The van der Waals surface area contributed by atoms with Crippen molar-refractivity contribution >= 4 is 38.4 Å². The summed E-state index contributed by atoms with van der Waals surface area (Å²) in [6.45, 7) is 9.26. The van der Waals surface area contributed by atoms with E-state index in [0.717, 1.165) is 26.9 Å². The molecule has 4 rings (SSSR count). The molecule has 1 aromatic carbocycles. The molecule has 0 bridgehead atoms. The second-order valence-corrected chi connectivity index (χ2v) is 8.38. The molecule has 3 aromatic heterocycles. The highest BCUT2D eigenvalue weighted by molar-refractivity contribution is 7.18. The summed E-state index contributed by atoms with van der Waals surface area (Å²) in [4.78, 5) is 39.0. The third kappa shape index (κ3) is 3.21. The minimum absolute atomic E-state index is 0.213. The second kappa shape index (κ2) is 7.08. The number of aryl methyl sites for hydroxylation is 4. The van der Waals surface area contributed by atoms with E-state index in [2.05, 4.69) is 15.0 Å². The van der Waals surface area contributed by atoms with Gasteiger partial charge < -0.3 is 9.72 Å². The van der Waals surface area contributed by atoms with Gasteiger partial charge in [-0.05, 0) is 51.8 Å². The van der Waals surface area contributed by atoms with E-state index < -0.39 is 12.1 Å². The molecular formula is C22H21N3O3S. The lowest BCUT2D eigenvalue weighted by Crippen LogP contribution is -2.18. The monoisotopic (exact) mass is 407 g/mol. The molecule has 0 saturated carbocycles. The van der Waals surface area contributed by atoms with E-state index >= 15 is 0 Å². The van der Waals surface area contributed by atoms with Crippen LogP contribution in [0, 0.1) is 27.7 Å². The lowest BCUT2D eigenvalue weighted by Gasteiger charge is -2.16. The molecule has 0 unspecified atom stereocenters. The van der Waals surface area contributed by atoms with Gasteiger partial charge in [-0.3, -0.25) is 9.78 Å². The molecule has 0 aliphatic rings. The normalized spacial score (nSPS) is 12.4. The van der Waals surface area contributed by atoms with Gasteiger partial charge in [-0.2, -0.15) is 0 Å². The highest BCUT2D eigenvalue weighted by Crippen LogP contribution is 2.28. The number of hydrogen-bond donors (Lipinski definition) is 1. The van der Waals surface area contributed by atoms with Crippen LogP contribution in [0.1, 0.15) is 50.9 Å². The molecule has 1 atom stereocenters. The summed E-state index contributed by atoms with van der Waals surface area (Å²) in [5.74, 6) is -0.145. The third-order valence-corrected chi connectivity index (χ3v) is 6.36. The summed E-state index contributed by atoms with van der Waals surface area (Å²) in [5, 5.41) is 1.51. The number of fused-ring (bicyclic) bond motifs is 2. The Hall–Kier alpha value is -3.06. The van der Waals surface area contributed by atoms with Crippen molar-refractivity contribution in [3.05, 3.63) is 67.7 Å². The average Bonchev–Trinajstić information content (AvgIpc) is 2.96. The highest BCUT2D eigenvalue weighted by atomic mass is 32.1. The van der Waals surface area contributed by atoms with Crippen LogP contribution in [-0.2, 0) is 4.74 Å². The largest absolute Gasteiger partial charge is 0.451 e. The zero-order chi connectivity index (χ0) is 20.9. The van der Waals surface area contributed by atoms with Crippen molar-refractivity contribution in [3.8, 4) is 0 Å². The molecule has 29 heavy (non-hydrogen) atoms. The number of thiophene rings is 1. The first kappa shape index (κ1) is 19.3. The van der Waals surface area contributed by atoms with Crippen molar-refractivity contribution in [2.24, 2.45) is 0 Å². The molecule has 0 amide bonds. The number of esters is 1. The van der Waals surface area contributed by atoms with Crippen LogP contribution >= 0.6 is 11.3 Å². The fourth-order valence-electron chi connectivity index (χ4n) is 3.57. The Labute approximate surface area is 171 Å². The topological polar surface area (TPSA) is 84.9 Å². The minimum Gasteiger partial charge on any atom is -0.451 e. The van der Waals surface area contributed by atoms with Gasteiger partial charge >= 0.3 is 5.97 Å². The van der Waals surface area contributed by atoms with Crippen LogP contribution in [0.25, 0.3) is 21.1 Å². The van der Waals surface area contributed by atoms with E-state index in [4.69, 9.17) is 4.74 Å². The molecule has 148 valence electrons. The van der Waals surface area contributed by atoms with E-state index in [1.165, 1.54) is 11.3 Å². The maximum atomic E-state index is 12.9. The van der Waals surface area contributed by atoms with Gasteiger partial charge in [-0.15, -0.1) is 11.3 Å². The van der Waals surface area contributed by atoms with E-state index in [0.29, 0.717) is 27.3 Å². The Morgan fingerprint density at radius 2 is 1.83 bits per heavy atom.